The fraction of sp³-hybridized carbons (Fsp3) is 0.300. The molecular weight excluding hydrogens is 439 g/mol. The van der Waals surface area contributed by atoms with Crippen molar-refractivity contribution in [3.05, 3.63) is 65.7 Å². The number of halogens is 1. The lowest BCUT2D eigenvalue weighted by molar-refractivity contribution is -0.114. The third-order valence-corrected chi connectivity index (χ3v) is 3.65. The number of nitrogens with zero attached hydrogens (tertiary/aromatic N) is 2. The SMILES string of the molecule is CC(=O)Nc1ccc(CCNC(=NCc2ccccc2)N(C)C)cc1.I. The summed E-state index contributed by atoms with van der Waals surface area (Å²) in [6, 6.07) is 18.1. The molecule has 2 rings (SSSR count). The highest BCUT2D eigenvalue weighted by Gasteiger charge is 2.02. The molecule has 0 bridgehead atoms. The fourth-order valence-electron chi connectivity index (χ4n) is 2.38. The lowest BCUT2D eigenvalue weighted by Gasteiger charge is -2.17. The first-order valence-electron chi connectivity index (χ1n) is 8.40. The minimum atomic E-state index is -0.0559. The van der Waals surface area contributed by atoms with E-state index in [-0.39, 0.29) is 29.9 Å². The van der Waals surface area contributed by atoms with Crippen molar-refractivity contribution >= 4 is 41.5 Å². The van der Waals surface area contributed by atoms with E-state index in [1.54, 1.807) is 0 Å². The van der Waals surface area contributed by atoms with Gasteiger partial charge in [0.1, 0.15) is 0 Å². The fourth-order valence-corrected chi connectivity index (χ4v) is 2.38. The van der Waals surface area contributed by atoms with Crippen molar-refractivity contribution < 1.29 is 4.79 Å². The molecule has 0 saturated carbocycles. The second-order valence-corrected chi connectivity index (χ2v) is 6.07. The maximum atomic E-state index is 11.0. The molecule has 0 aliphatic heterocycles. The molecule has 0 heterocycles. The number of hydrogen-bond acceptors (Lipinski definition) is 2. The number of nitrogens with one attached hydrogen (secondary N) is 2. The van der Waals surface area contributed by atoms with Crippen LogP contribution < -0.4 is 10.6 Å². The predicted octanol–water partition coefficient (Wildman–Crippen LogP) is 3.51. The summed E-state index contributed by atoms with van der Waals surface area (Å²) in [5.74, 6) is 0.818. The topological polar surface area (TPSA) is 56.7 Å². The van der Waals surface area contributed by atoms with Gasteiger partial charge in [0.25, 0.3) is 0 Å². The molecule has 0 saturated heterocycles. The molecule has 0 aliphatic rings. The number of guanidine groups is 1. The van der Waals surface area contributed by atoms with Gasteiger partial charge >= 0.3 is 0 Å². The van der Waals surface area contributed by atoms with E-state index in [4.69, 9.17) is 0 Å². The summed E-state index contributed by atoms with van der Waals surface area (Å²) < 4.78 is 0. The van der Waals surface area contributed by atoms with E-state index in [1.165, 1.54) is 18.1 Å². The molecule has 2 N–H and O–H groups in total. The van der Waals surface area contributed by atoms with Gasteiger partial charge in [-0.3, -0.25) is 4.79 Å². The summed E-state index contributed by atoms with van der Waals surface area (Å²) >= 11 is 0. The molecule has 0 spiro atoms. The van der Waals surface area contributed by atoms with Gasteiger partial charge in [-0.1, -0.05) is 42.5 Å². The van der Waals surface area contributed by atoms with Gasteiger partial charge in [0.05, 0.1) is 6.54 Å². The van der Waals surface area contributed by atoms with E-state index in [0.717, 1.165) is 24.6 Å². The number of aliphatic imine (C=N–C) groups is 1. The van der Waals surface area contributed by atoms with Gasteiger partial charge in [-0.15, -0.1) is 24.0 Å². The van der Waals surface area contributed by atoms with Crippen molar-refractivity contribution in [2.75, 3.05) is 26.0 Å². The highest BCUT2D eigenvalue weighted by Crippen LogP contribution is 2.09. The van der Waals surface area contributed by atoms with Crippen LogP contribution >= 0.6 is 24.0 Å². The molecule has 0 fully saturated rings. The smallest absolute Gasteiger partial charge is 0.221 e. The molecule has 0 unspecified atom stereocenters. The van der Waals surface area contributed by atoms with Crippen LogP contribution in [0.4, 0.5) is 5.69 Å². The molecule has 26 heavy (non-hydrogen) atoms. The van der Waals surface area contributed by atoms with Gasteiger partial charge in [-0.2, -0.15) is 0 Å². The van der Waals surface area contributed by atoms with Crippen LogP contribution in [0.2, 0.25) is 0 Å². The van der Waals surface area contributed by atoms with Crippen molar-refractivity contribution in [2.24, 2.45) is 4.99 Å². The molecular formula is C20H27IN4O. The zero-order valence-corrected chi connectivity index (χ0v) is 17.9. The van der Waals surface area contributed by atoms with Crippen LogP contribution in [-0.2, 0) is 17.8 Å². The van der Waals surface area contributed by atoms with Crippen molar-refractivity contribution in [3.63, 3.8) is 0 Å². The van der Waals surface area contributed by atoms with Crippen LogP contribution in [0, 0.1) is 0 Å². The minimum Gasteiger partial charge on any atom is -0.356 e. The van der Waals surface area contributed by atoms with Gasteiger partial charge in [-0.25, -0.2) is 4.99 Å². The van der Waals surface area contributed by atoms with Crippen molar-refractivity contribution in [2.45, 2.75) is 19.9 Å². The minimum absolute atomic E-state index is 0. The van der Waals surface area contributed by atoms with Gasteiger partial charge in [-0.05, 0) is 29.7 Å². The second-order valence-electron chi connectivity index (χ2n) is 6.07. The van der Waals surface area contributed by atoms with Crippen LogP contribution in [0.25, 0.3) is 0 Å². The average Bonchev–Trinajstić information content (AvgIpc) is 2.59. The summed E-state index contributed by atoms with van der Waals surface area (Å²) in [6.45, 7) is 2.97. The third kappa shape index (κ3) is 7.86. The molecule has 0 aliphatic carbocycles. The lowest BCUT2D eigenvalue weighted by atomic mass is 10.1. The normalized spacial score (nSPS) is 10.7. The Balaban J connectivity index is 0.00000338. The van der Waals surface area contributed by atoms with Crippen LogP contribution in [0.3, 0.4) is 0 Å². The summed E-state index contributed by atoms with van der Waals surface area (Å²) in [7, 11) is 3.97. The molecule has 2 aromatic carbocycles. The molecule has 140 valence electrons. The van der Waals surface area contributed by atoms with Gasteiger partial charge in [0, 0.05) is 33.3 Å². The average molecular weight is 466 g/mol. The van der Waals surface area contributed by atoms with Crippen LogP contribution in [-0.4, -0.2) is 37.4 Å². The Morgan fingerprint density at radius 2 is 1.65 bits per heavy atom. The van der Waals surface area contributed by atoms with E-state index >= 15 is 0 Å². The first-order valence-corrected chi connectivity index (χ1v) is 8.40. The number of benzene rings is 2. The first-order chi connectivity index (χ1) is 12.0. The Morgan fingerprint density at radius 3 is 2.23 bits per heavy atom. The Kier molecular flexibility index (Phi) is 9.72. The number of hydrogen-bond donors (Lipinski definition) is 2. The summed E-state index contributed by atoms with van der Waals surface area (Å²) in [6.07, 6.45) is 0.887. The van der Waals surface area contributed by atoms with E-state index in [0.29, 0.717) is 6.54 Å². The quantitative estimate of drug-likeness (QED) is 0.389. The molecule has 1 amide bonds. The highest BCUT2D eigenvalue weighted by molar-refractivity contribution is 14.0. The maximum Gasteiger partial charge on any atom is 0.221 e. The predicted molar refractivity (Wildman–Crippen MR) is 119 cm³/mol. The summed E-state index contributed by atoms with van der Waals surface area (Å²) in [4.78, 5) is 17.7. The monoisotopic (exact) mass is 466 g/mol. The Hall–Kier alpha value is -2.09. The molecule has 0 aromatic heterocycles. The molecule has 2 aromatic rings. The second kappa shape index (κ2) is 11.5. The first kappa shape index (κ1) is 22.0. The van der Waals surface area contributed by atoms with Crippen LogP contribution in [0.15, 0.2) is 59.6 Å². The molecule has 5 nitrogen and oxygen atoms in total. The lowest BCUT2D eigenvalue weighted by Crippen LogP contribution is -2.37. The molecule has 6 heteroatoms. The van der Waals surface area contributed by atoms with E-state index < -0.39 is 0 Å². The Morgan fingerprint density at radius 1 is 1.00 bits per heavy atom. The number of rotatable bonds is 6. The molecule has 0 atom stereocenters. The zero-order chi connectivity index (χ0) is 18.1. The number of amides is 1. The largest absolute Gasteiger partial charge is 0.356 e. The number of carbonyl (C=O) groups is 1. The van der Waals surface area contributed by atoms with Crippen LogP contribution in [0.1, 0.15) is 18.1 Å². The van der Waals surface area contributed by atoms with E-state index in [9.17, 15) is 4.79 Å². The zero-order valence-electron chi connectivity index (χ0n) is 15.5. The number of carbonyl (C=O) groups excluding carboxylic acids is 1. The van der Waals surface area contributed by atoms with Gasteiger partial charge in [0.15, 0.2) is 5.96 Å². The van der Waals surface area contributed by atoms with Crippen LogP contribution in [0.5, 0.6) is 0 Å². The van der Waals surface area contributed by atoms with Crippen molar-refractivity contribution in [3.8, 4) is 0 Å². The number of anilines is 1. The van der Waals surface area contributed by atoms with Gasteiger partial charge < -0.3 is 15.5 Å². The van der Waals surface area contributed by atoms with Gasteiger partial charge in [0.2, 0.25) is 5.91 Å². The Labute approximate surface area is 172 Å². The Bertz CT molecular complexity index is 700. The molecule has 0 radical (unpaired) electrons. The van der Waals surface area contributed by atoms with E-state index in [2.05, 4.69) is 27.8 Å². The van der Waals surface area contributed by atoms with Crippen molar-refractivity contribution in [1.29, 1.82) is 0 Å². The van der Waals surface area contributed by atoms with Crippen molar-refractivity contribution in [1.82, 2.24) is 10.2 Å². The standard InChI is InChI=1S/C20H26N4O.HI/c1-16(25)23-19-11-9-17(10-12-19)13-14-21-20(24(2)3)22-15-18-7-5-4-6-8-18;/h4-12H,13-15H2,1-3H3,(H,21,22)(H,23,25);1H. The van der Waals surface area contributed by atoms with E-state index in [1.807, 2.05) is 61.5 Å². The highest BCUT2D eigenvalue weighted by atomic mass is 127. The third-order valence-electron chi connectivity index (χ3n) is 3.65. The maximum absolute atomic E-state index is 11.0. The summed E-state index contributed by atoms with van der Waals surface area (Å²) in [5, 5.41) is 6.16. The summed E-state index contributed by atoms with van der Waals surface area (Å²) in [5.41, 5.74) is 3.22.